The SMILES string of the molecule is Cc1nc(N2CCOCC2)[nH]c(=O)c1CCC(=O)Nc1nc2c(C)cccc2s1. The molecule has 1 aliphatic rings. The van der Waals surface area contributed by atoms with Crippen LogP contribution in [0.2, 0.25) is 0 Å². The van der Waals surface area contributed by atoms with Gasteiger partial charge in [-0.25, -0.2) is 9.97 Å². The van der Waals surface area contributed by atoms with Gasteiger partial charge in [0.25, 0.3) is 5.56 Å². The number of hydrogen-bond acceptors (Lipinski definition) is 7. The Morgan fingerprint density at radius 1 is 1.28 bits per heavy atom. The predicted octanol–water partition coefficient (Wildman–Crippen LogP) is 2.40. The van der Waals surface area contributed by atoms with Gasteiger partial charge in [-0.3, -0.25) is 14.6 Å². The highest BCUT2D eigenvalue weighted by Gasteiger charge is 2.17. The third kappa shape index (κ3) is 4.30. The Labute approximate surface area is 171 Å². The summed E-state index contributed by atoms with van der Waals surface area (Å²) in [6.07, 6.45) is 0.519. The molecule has 29 heavy (non-hydrogen) atoms. The lowest BCUT2D eigenvalue weighted by Gasteiger charge is -2.27. The summed E-state index contributed by atoms with van der Waals surface area (Å²) in [4.78, 5) is 38.8. The van der Waals surface area contributed by atoms with E-state index < -0.39 is 0 Å². The first-order chi connectivity index (χ1) is 14.0. The van der Waals surface area contributed by atoms with Crippen molar-refractivity contribution in [1.29, 1.82) is 0 Å². The summed E-state index contributed by atoms with van der Waals surface area (Å²) < 4.78 is 6.37. The number of carbonyl (C=O) groups excluding carboxylic acids is 1. The molecule has 0 bridgehead atoms. The summed E-state index contributed by atoms with van der Waals surface area (Å²) in [5, 5.41) is 3.42. The van der Waals surface area contributed by atoms with E-state index in [1.165, 1.54) is 11.3 Å². The number of nitrogens with zero attached hydrogens (tertiary/aromatic N) is 3. The third-order valence-electron chi connectivity index (χ3n) is 4.99. The molecule has 0 spiro atoms. The number of rotatable bonds is 5. The molecule has 0 aliphatic carbocycles. The fraction of sp³-hybridized carbons (Fsp3) is 0.400. The van der Waals surface area contributed by atoms with Crippen LogP contribution in [0, 0.1) is 13.8 Å². The minimum atomic E-state index is -0.192. The van der Waals surface area contributed by atoms with Crippen LogP contribution in [0.3, 0.4) is 0 Å². The third-order valence-corrected chi connectivity index (χ3v) is 5.93. The molecule has 0 unspecified atom stereocenters. The number of para-hydroxylation sites is 1. The first kappa shape index (κ1) is 19.5. The maximum Gasteiger partial charge on any atom is 0.255 e. The monoisotopic (exact) mass is 413 g/mol. The Balaban J connectivity index is 1.42. The number of hydrogen-bond donors (Lipinski definition) is 2. The molecule has 2 aromatic heterocycles. The molecule has 1 aliphatic heterocycles. The number of benzene rings is 1. The van der Waals surface area contributed by atoms with Crippen molar-refractivity contribution in [3.05, 3.63) is 45.4 Å². The molecule has 4 rings (SSSR count). The molecule has 1 amide bonds. The molecular formula is C20H23N5O3S. The standard InChI is InChI=1S/C20H23N5O3S/c1-12-4-3-5-15-17(12)23-20(29-15)22-16(26)7-6-14-13(2)21-19(24-18(14)27)25-8-10-28-11-9-25/h3-5H,6-11H2,1-2H3,(H,21,24,27)(H,22,23,26). The summed E-state index contributed by atoms with van der Waals surface area (Å²) in [5.74, 6) is 0.395. The number of carbonyl (C=O) groups is 1. The van der Waals surface area contributed by atoms with Crippen molar-refractivity contribution in [2.24, 2.45) is 0 Å². The quantitative estimate of drug-likeness (QED) is 0.666. The second-order valence-electron chi connectivity index (χ2n) is 7.04. The number of aryl methyl sites for hydroxylation is 2. The van der Waals surface area contributed by atoms with Gasteiger partial charge >= 0.3 is 0 Å². The average Bonchev–Trinajstić information content (AvgIpc) is 3.11. The predicted molar refractivity (Wildman–Crippen MR) is 114 cm³/mol. The molecule has 0 atom stereocenters. The zero-order chi connectivity index (χ0) is 20.4. The number of thiazole rings is 1. The summed E-state index contributed by atoms with van der Waals surface area (Å²) >= 11 is 1.45. The van der Waals surface area contributed by atoms with E-state index >= 15 is 0 Å². The number of fused-ring (bicyclic) bond motifs is 1. The molecule has 1 fully saturated rings. The normalized spacial score (nSPS) is 14.3. The summed E-state index contributed by atoms with van der Waals surface area (Å²) in [5.41, 5.74) is 2.98. The highest BCUT2D eigenvalue weighted by atomic mass is 32.1. The van der Waals surface area contributed by atoms with Gasteiger partial charge in [-0.1, -0.05) is 23.5 Å². The van der Waals surface area contributed by atoms with Crippen molar-refractivity contribution < 1.29 is 9.53 Å². The number of anilines is 2. The first-order valence-electron chi connectivity index (χ1n) is 9.60. The van der Waals surface area contributed by atoms with Crippen LogP contribution in [0.1, 0.15) is 23.2 Å². The van der Waals surface area contributed by atoms with E-state index in [9.17, 15) is 9.59 Å². The lowest BCUT2D eigenvalue weighted by Crippen LogP contribution is -2.38. The van der Waals surface area contributed by atoms with Crippen molar-refractivity contribution in [2.75, 3.05) is 36.5 Å². The zero-order valence-corrected chi connectivity index (χ0v) is 17.3. The number of nitrogens with one attached hydrogen (secondary N) is 2. The van der Waals surface area contributed by atoms with Crippen LogP contribution in [-0.4, -0.2) is 47.2 Å². The molecular weight excluding hydrogens is 390 g/mol. The lowest BCUT2D eigenvalue weighted by molar-refractivity contribution is -0.116. The molecule has 2 N–H and O–H groups in total. The van der Waals surface area contributed by atoms with Gasteiger partial charge < -0.3 is 15.0 Å². The van der Waals surface area contributed by atoms with Crippen LogP contribution in [-0.2, 0) is 16.0 Å². The van der Waals surface area contributed by atoms with Gasteiger partial charge in [0.2, 0.25) is 11.9 Å². The van der Waals surface area contributed by atoms with Crippen molar-refractivity contribution in [1.82, 2.24) is 15.0 Å². The van der Waals surface area contributed by atoms with Gasteiger partial charge in [-0.15, -0.1) is 0 Å². The first-order valence-corrected chi connectivity index (χ1v) is 10.4. The maximum absolute atomic E-state index is 12.5. The summed E-state index contributed by atoms with van der Waals surface area (Å²) in [6.45, 7) is 6.45. The minimum Gasteiger partial charge on any atom is -0.378 e. The van der Waals surface area contributed by atoms with E-state index in [1.54, 1.807) is 0 Å². The number of aromatic nitrogens is 3. The van der Waals surface area contributed by atoms with E-state index in [0.29, 0.717) is 55.1 Å². The number of morpholine rings is 1. The van der Waals surface area contributed by atoms with Gasteiger partial charge in [0.1, 0.15) is 0 Å². The van der Waals surface area contributed by atoms with E-state index in [4.69, 9.17) is 4.74 Å². The molecule has 152 valence electrons. The molecule has 1 saturated heterocycles. The molecule has 0 radical (unpaired) electrons. The Kier molecular flexibility index (Phi) is 5.59. The molecule has 3 aromatic rings. The number of H-pyrrole nitrogens is 1. The second-order valence-corrected chi connectivity index (χ2v) is 8.07. The fourth-order valence-electron chi connectivity index (χ4n) is 3.37. The maximum atomic E-state index is 12.5. The van der Waals surface area contributed by atoms with E-state index in [2.05, 4.69) is 20.3 Å². The van der Waals surface area contributed by atoms with E-state index in [-0.39, 0.29) is 17.9 Å². The van der Waals surface area contributed by atoms with Crippen LogP contribution >= 0.6 is 11.3 Å². The average molecular weight is 414 g/mol. The highest BCUT2D eigenvalue weighted by molar-refractivity contribution is 7.22. The van der Waals surface area contributed by atoms with Gasteiger partial charge in [0, 0.05) is 30.8 Å². The molecule has 8 nitrogen and oxygen atoms in total. The van der Waals surface area contributed by atoms with Crippen LogP contribution in [0.5, 0.6) is 0 Å². The molecule has 3 heterocycles. The largest absolute Gasteiger partial charge is 0.378 e. The van der Waals surface area contributed by atoms with Crippen molar-refractivity contribution in [3.63, 3.8) is 0 Å². The zero-order valence-electron chi connectivity index (χ0n) is 16.4. The number of ether oxygens (including phenoxy) is 1. The Hall–Kier alpha value is -2.78. The van der Waals surface area contributed by atoms with E-state index in [0.717, 1.165) is 15.8 Å². The van der Waals surface area contributed by atoms with Crippen LogP contribution in [0.15, 0.2) is 23.0 Å². The van der Waals surface area contributed by atoms with Crippen LogP contribution in [0.4, 0.5) is 11.1 Å². The molecule has 0 saturated carbocycles. The Morgan fingerprint density at radius 3 is 2.79 bits per heavy atom. The van der Waals surface area contributed by atoms with Crippen molar-refractivity contribution >= 4 is 38.5 Å². The lowest BCUT2D eigenvalue weighted by atomic mass is 10.1. The summed E-state index contributed by atoms with van der Waals surface area (Å²) in [6, 6.07) is 5.96. The fourth-order valence-corrected chi connectivity index (χ4v) is 4.33. The Morgan fingerprint density at radius 2 is 2.07 bits per heavy atom. The topological polar surface area (TPSA) is 100 Å². The summed E-state index contributed by atoms with van der Waals surface area (Å²) in [7, 11) is 0. The van der Waals surface area contributed by atoms with Crippen molar-refractivity contribution in [2.45, 2.75) is 26.7 Å². The van der Waals surface area contributed by atoms with Crippen molar-refractivity contribution in [3.8, 4) is 0 Å². The van der Waals surface area contributed by atoms with Gasteiger partial charge in [-0.2, -0.15) is 0 Å². The Bertz CT molecular complexity index is 1100. The molecule has 9 heteroatoms. The molecule has 1 aromatic carbocycles. The van der Waals surface area contributed by atoms with Crippen LogP contribution < -0.4 is 15.8 Å². The smallest absolute Gasteiger partial charge is 0.255 e. The number of amides is 1. The van der Waals surface area contributed by atoms with Gasteiger partial charge in [-0.05, 0) is 31.9 Å². The van der Waals surface area contributed by atoms with E-state index in [1.807, 2.05) is 36.9 Å². The highest BCUT2D eigenvalue weighted by Crippen LogP contribution is 2.28. The minimum absolute atomic E-state index is 0.169. The van der Waals surface area contributed by atoms with Crippen LogP contribution in [0.25, 0.3) is 10.2 Å². The van der Waals surface area contributed by atoms with Gasteiger partial charge in [0.15, 0.2) is 5.13 Å². The van der Waals surface area contributed by atoms with Gasteiger partial charge in [0.05, 0.1) is 23.4 Å². The number of aromatic amines is 1. The second kappa shape index (κ2) is 8.30.